The van der Waals surface area contributed by atoms with Crippen molar-refractivity contribution in [1.82, 2.24) is 15.0 Å². The molecule has 2 aromatic heterocycles. The minimum atomic E-state index is 0.506. The molecule has 2 heterocycles. The highest BCUT2D eigenvalue weighted by atomic mass is 32.2. The van der Waals surface area contributed by atoms with Crippen LogP contribution >= 0.6 is 11.8 Å². The average molecular weight is 286 g/mol. The third-order valence-electron chi connectivity index (χ3n) is 3.01. The molecule has 0 aliphatic carbocycles. The van der Waals surface area contributed by atoms with Gasteiger partial charge in [0, 0.05) is 5.39 Å². The first kappa shape index (κ1) is 12.9. The molecule has 1 aromatic carbocycles. The average Bonchev–Trinajstić information content (AvgIpc) is 2.76. The first-order valence-electron chi connectivity index (χ1n) is 6.21. The van der Waals surface area contributed by atoms with Gasteiger partial charge in [0.2, 0.25) is 0 Å². The van der Waals surface area contributed by atoms with Crippen molar-refractivity contribution < 1.29 is 4.42 Å². The molecule has 2 N–H and O–H groups in total. The molecule has 0 aliphatic rings. The van der Waals surface area contributed by atoms with Gasteiger partial charge in [0.1, 0.15) is 17.4 Å². The van der Waals surface area contributed by atoms with Crippen LogP contribution in [-0.4, -0.2) is 15.0 Å². The van der Waals surface area contributed by atoms with Crippen LogP contribution in [-0.2, 0) is 5.75 Å². The topological polar surface area (TPSA) is 77.8 Å². The van der Waals surface area contributed by atoms with Gasteiger partial charge >= 0.3 is 0 Å². The van der Waals surface area contributed by atoms with Gasteiger partial charge in [0.25, 0.3) is 5.22 Å². The van der Waals surface area contributed by atoms with E-state index < -0.39 is 0 Å². The largest absolute Gasteiger partial charge is 0.437 e. The van der Waals surface area contributed by atoms with E-state index in [1.807, 2.05) is 38.1 Å². The lowest BCUT2D eigenvalue weighted by molar-refractivity contribution is 0.431. The molecule has 0 radical (unpaired) electrons. The Labute approximate surface area is 120 Å². The van der Waals surface area contributed by atoms with Gasteiger partial charge in [-0.25, -0.2) is 15.0 Å². The maximum Gasteiger partial charge on any atom is 0.256 e. The van der Waals surface area contributed by atoms with Crippen molar-refractivity contribution in [2.24, 2.45) is 0 Å². The van der Waals surface area contributed by atoms with E-state index in [1.165, 1.54) is 11.8 Å². The zero-order chi connectivity index (χ0) is 14.1. The molecule has 6 heteroatoms. The molecule has 0 saturated carbocycles. The summed E-state index contributed by atoms with van der Waals surface area (Å²) in [5.41, 5.74) is 7.72. The van der Waals surface area contributed by atoms with E-state index in [2.05, 4.69) is 15.0 Å². The fourth-order valence-corrected chi connectivity index (χ4v) is 2.61. The first-order valence-corrected chi connectivity index (χ1v) is 7.20. The molecule has 0 atom stereocenters. The number of para-hydroxylation sites is 1. The fraction of sp³-hybridized carbons (Fsp3) is 0.214. The lowest BCUT2D eigenvalue weighted by atomic mass is 10.2. The smallest absolute Gasteiger partial charge is 0.256 e. The highest BCUT2D eigenvalue weighted by Gasteiger charge is 2.09. The maximum atomic E-state index is 5.95. The highest BCUT2D eigenvalue weighted by Crippen LogP contribution is 2.24. The van der Waals surface area contributed by atoms with Crippen molar-refractivity contribution in [3.8, 4) is 0 Å². The van der Waals surface area contributed by atoms with Crippen LogP contribution in [0.2, 0.25) is 0 Å². The van der Waals surface area contributed by atoms with Crippen LogP contribution in [0.25, 0.3) is 10.9 Å². The Balaban J connectivity index is 1.84. The van der Waals surface area contributed by atoms with E-state index in [9.17, 15) is 0 Å². The summed E-state index contributed by atoms with van der Waals surface area (Å²) in [7, 11) is 0. The monoisotopic (exact) mass is 286 g/mol. The molecule has 0 unspecified atom stereocenters. The second-order valence-corrected chi connectivity index (χ2v) is 5.38. The summed E-state index contributed by atoms with van der Waals surface area (Å²) in [5, 5.41) is 1.51. The SMILES string of the molecule is Cc1nc(SCc2nc(N)c3ccccc3n2)oc1C. The van der Waals surface area contributed by atoms with Crippen LogP contribution in [0.1, 0.15) is 17.3 Å². The standard InChI is InChI=1S/C14H14N4OS/c1-8-9(2)19-14(16-8)20-7-12-17-11-6-4-3-5-10(11)13(15)18-12/h3-6H,7H2,1-2H3,(H2,15,17,18). The molecule has 20 heavy (non-hydrogen) atoms. The fourth-order valence-electron chi connectivity index (χ4n) is 1.85. The number of nitrogen functional groups attached to an aromatic ring is 1. The predicted molar refractivity (Wildman–Crippen MR) is 79.5 cm³/mol. The molecule has 5 nitrogen and oxygen atoms in total. The van der Waals surface area contributed by atoms with Crippen molar-refractivity contribution in [3.05, 3.63) is 41.5 Å². The number of aryl methyl sites for hydroxylation is 2. The van der Waals surface area contributed by atoms with Crippen LogP contribution in [0.15, 0.2) is 33.9 Å². The van der Waals surface area contributed by atoms with E-state index in [1.54, 1.807) is 0 Å². The van der Waals surface area contributed by atoms with E-state index in [0.717, 1.165) is 22.4 Å². The highest BCUT2D eigenvalue weighted by molar-refractivity contribution is 7.98. The minimum absolute atomic E-state index is 0.506. The van der Waals surface area contributed by atoms with Crippen molar-refractivity contribution >= 4 is 28.5 Å². The number of thioether (sulfide) groups is 1. The van der Waals surface area contributed by atoms with E-state index >= 15 is 0 Å². The Morgan fingerprint density at radius 2 is 1.95 bits per heavy atom. The van der Waals surface area contributed by atoms with Crippen LogP contribution < -0.4 is 5.73 Å². The molecule has 3 rings (SSSR count). The lowest BCUT2D eigenvalue weighted by Crippen LogP contribution is -1.99. The normalized spacial score (nSPS) is 11.1. The van der Waals surface area contributed by atoms with Gasteiger partial charge in [-0.1, -0.05) is 23.9 Å². The Morgan fingerprint density at radius 3 is 2.70 bits per heavy atom. The number of benzene rings is 1. The number of nitrogens with zero attached hydrogens (tertiary/aromatic N) is 3. The minimum Gasteiger partial charge on any atom is -0.437 e. The van der Waals surface area contributed by atoms with Gasteiger partial charge in [0.05, 0.1) is 17.0 Å². The maximum absolute atomic E-state index is 5.95. The zero-order valence-corrected chi connectivity index (χ0v) is 12.1. The van der Waals surface area contributed by atoms with Crippen LogP contribution in [0.3, 0.4) is 0 Å². The summed E-state index contributed by atoms with van der Waals surface area (Å²) in [6.45, 7) is 3.82. The first-order chi connectivity index (χ1) is 9.63. The summed E-state index contributed by atoms with van der Waals surface area (Å²) >= 11 is 1.47. The molecule has 0 aliphatic heterocycles. The third kappa shape index (κ3) is 2.46. The Bertz CT molecular complexity index is 749. The van der Waals surface area contributed by atoms with Gasteiger partial charge in [0.15, 0.2) is 0 Å². The van der Waals surface area contributed by atoms with Crippen LogP contribution in [0.5, 0.6) is 0 Å². The van der Waals surface area contributed by atoms with Crippen molar-refractivity contribution in [1.29, 1.82) is 0 Å². The zero-order valence-electron chi connectivity index (χ0n) is 11.3. The molecule has 102 valence electrons. The molecule has 0 saturated heterocycles. The number of fused-ring (bicyclic) bond motifs is 1. The van der Waals surface area contributed by atoms with Crippen LogP contribution in [0, 0.1) is 13.8 Å². The Morgan fingerprint density at radius 1 is 1.15 bits per heavy atom. The van der Waals surface area contributed by atoms with Gasteiger partial charge in [-0.2, -0.15) is 0 Å². The van der Waals surface area contributed by atoms with Gasteiger partial charge in [-0.3, -0.25) is 0 Å². The van der Waals surface area contributed by atoms with Crippen molar-refractivity contribution in [2.45, 2.75) is 24.8 Å². The lowest BCUT2D eigenvalue weighted by Gasteiger charge is -2.03. The van der Waals surface area contributed by atoms with E-state index in [-0.39, 0.29) is 0 Å². The summed E-state index contributed by atoms with van der Waals surface area (Å²) in [4.78, 5) is 13.1. The van der Waals surface area contributed by atoms with Crippen molar-refractivity contribution in [2.75, 3.05) is 5.73 Å². The molecule has 3 aromatic rings. The molecular weight excluding hydrogens is 272 g/mol. The number of oxazole rings is 1. The number of aromatic nitrogens is 3. The summed E-state index contributed by atoms with van der Waals surface area (Å²) in [6, 6.07) is 7.71. The van der Waals surface area contributed by atoms with Crippen molar-refractivity contribution in [3.63, 3.8) is 0 Å². The molecule has 0 fully saturated rings. The second-order valence-electron chi connectivity index (χ2n) is 4.45. The van der Waals surface area contributed by atoms with Gasteiger partial charge in [-0.05, 0) is 26.0 Å². The number of rotatable bonds is 3. The van der Waals surface area contributed by atoms with Gasteiger partial charge < -0.3 is 10.2 Å². The Kier molecular flexibility index (Phi) is 3.31. The summed E-state index contributed by atoms with van der Waals surface area (Å²) in [5.74, 6) is 2.60. The van der Waals surface area contributed by atoms with Crippen LogP contribution in [0.4, 0.5) is 5.82 Å². The summed E-state index contributed by atoms with van der Waals surface area (Å²) < 4.78 is 5.52. The molecule has 0 bridgehead atoms. The summed E-state index contributed by atoms with van der Waals surface area (Å²) in [6.07, 6.45) is 0. The Hall–Kier alpha value is -2.08. The second kappa shape index (κ2) is 5.13. The van der Waals surface area contributed by atoms with Gasteiger partial charge in [-0.15, -0.1) is 0 Å². The van der Waals surface area contributed by atoms with E-state index in [4.69, 9.17) is 10.2 Å². The number of nitrogens with two attached hydrogens (primary N) is 1. The number of hydrogen-bond acceptors (Lipinski definition) is 6. The quantitative estimate of drug-likeness (QED) is 0.745. The number of hydrogen-bond donors (Lipinski definition) is 1. The predicted octanol–water partition coefficient (Wildman–Crippen LogP) is 3.11. The molecular formula is C14H14N4OS. The molecule has 0 spiro atoms. The third-order valence-corrected chi connectivity index (χ3v) is 3.84. The van der Waals surface area contributed by atoms with E-state index in [0.29, 0.717) is 22.6 Å². The molecule has 0 amide bonds. The number of anilines is 1.